The van der Waals surface area contributed by atoms with Gasteiger partial charge in [-0.1, -0.05) is 13.8 Å². The average Bonchev–Trinajstić information content (AvgIpc) is 2.63. The van der Waals surface area contributed by atoms with E-state index in [1.165, 1.54) is 54.5 Å². The predicted molar refractivity (Wildman–Crippen MR) is 103 cm³/mol. The number of aliphatic hydroxyl groups is 1. The Kier molecular flexibility index (Phi) is 5.21. The van der Waals surface area contributed by atoms with Crippen LogP contribution in [0.3, 0.4) is 0 Å². The summed E-state index contributed by atoms with van der Waals surface area (Å²) < 4.78 is 35.7. The lowest BCUT2D eigenvalue weighted by Gasteiger charge is -2.33. The van der Waals surface area contributed by atoms with Crippen molar-refractivity contribution in [3.63, 3.8) is 0 Å². The van der Waals surface area contributed by atoms with Gasteiger partial charge in [-0.2, -0.15) is 0 Å². The summed E-state index contributed by atoms with van der Waals surface area (Å²) in [5.41, 5.74) is -0.223. The van der Waals surface area contributed by atoms with Crippen LogP contribution in [0.2, 0.25) is 0 Å². The maximum atomic E-state index is 15.2. The number of aromatic nitrogens is 2. The normalized spacial score (nSPS) is 14.1. The monoisotopic (exact) mass is 388 g/mol. The zero-order chi connectivity index (χ0) is 20.5. The minimum Gasteiger partial charge on any atom is -0.496 e. The zero-order valence-electron chi connectivity index (χ0n) is 15.9. The molecule has 3 aromatic rings. The van der Waals surface area contributed by atoms with Crippen molar-refractivity contribution in [2.45, 2.75) is 38.1 Å². The predicted octanol–water partition coefficient (Wildman–Crippen LogP) is 3.57. The standard InChI is InChI=1S/C21H22F2N2O3/c1-20(2,16-10-14(22)4-5-19(16)28-3)12-21(23,27)13-25-9-7-18(26)15-11-24-8-6-17(15)25/h4-11,27H,12-13H2,1-3H3. The number of benzene rings is 1. The van der Waals surface area contributed by atoms with Crippen LogP contribution in [0.1, 0.15) is 25.8 Å². The molecule has 0 fully saturated rings. The molecule has 7 heteroatoms. The Balaban J connectivity index is 1.93. The van der Waals surface area contributed by atoms with Crippen LogP contribution in [-0.4, -0.2) is 27.6 Å². The molecular formula is C21H22F2N2O3. The van der Waals surface area contributed by atoms with Gasteiger partial charge in [0.25, 0.3) is 0 Å². The number of methoxy groups -OCH3 is 1. The van der Waals surface area contributed by atoms with Crippen molar-refractivity contribution in [3.05, 3.63) is 70.5 Å². The van der Waals surface area contributed by atoms with Gasteiger partial charge < -0.3 is 14.4 Å². The van der Waals surface area contributed by atoms with Crippen molar-refractivity contribution in [1.29, 1.82) is 0 Å². The lowest BCUT2D eigenvalue weighted by molar-refractivity contribution is -0.118. The Hall–Kier alpha value is -2.80. The number of nitrogens with zero attached hydrogens (tertiary/aromatic N) is 2. The zero-order valence-corrected chi connectivity index (χ0v) is 15.9. The van der Waals surface area contributed by atoms with E-state index in [0.717, 1.165) is 0 Å². The van der Waals surface area contributed by atoms with Crippen LogP contribution in [-0.2, 0) is 12.0 Å². The van der Waals surface area contributed by atoms with Gasteiger partial charge in [0.15, 0.2) is 5.43 Å². The van der Waals surface area contributed by atoms with Gasteiger partial charge in [0.05, 0.1) is 24.6 Å². The van der Waals surface area contributed by atoms with Crippen LogP contribution >= 0.6 is 0 Å². The van der Waals surface area contributed by atoms with Gasteiger partial charge in [0.1, 0.15) is 11.6 Å². The first kappa shape index (κ1) is 19.9. The Labute approximate surface area is 161 Å². The molecule has 0 aliphatic heterocycles. The van der Waals surface area contributed by atoms with Crippen LogP contribution in [0.15, 0.2) is 53.7 Å². The van der Waals surface area contributed by atoms with E-state index < -0.39 is 23.6 Å². The summed E-state index contributed by atoms with van der Waals surface area (Å²) in [6, 6.07) is 6.93. The number of halogens is 2. The second kappa shape index (κ2) is 7.31. The maximum Gasteiger partial charge on any atom is 0.225 e. The smallest absolute Gasteiger partial charge is 0.225 e. The van der Waals surface area contributed by atoms with Gasteiger partial charge in [-0.3, -0.25) is 9.78 Å². The van der Waals surface area contributed by atoms with Gasteiger partial charge in [0.2, 0.25) is 5.85 Å². The number of hydrogen-bond acceptors (Lipinski definition) is 4. The van der Waals surface area contributed by atoms with Crippen LogP contribution in [0.4, 0.5) is 8.78 Å². The highest BCUT2D eigenvalue weighted by molar-refractivity contribution is 5.77. The molecule has 0 aliphatic carbocycles. The Morgan fingerprint density at radius 3 is 2.71 bits per heavy atom. The lowest BCUT2D eigenvalue weighted by Crippen LogP contribution is -2.37. The number of alkyl halides is 1. The number of pyridine rings is 2. The summed E-state index contributed by atoms with van der Waals surface area (Å²) in [5, 5.41) is 10.9. The highest BCUT2D eigenvalue weighted by atomic mass is 19.2. The van der Waals surface area contributed by atoms with E-state index in [0.29, 0.717) is 22.2 Å². The van der Waals surface area contributed by atoms with Gasteiger partial charge in [-0.15, -0.1) is 0 Å². The molecule has 148 valence electrons. The summed E-state index contributed by atoms with van der Waals surface area (Å²) in [5.74, 6) is -2.67. The fourth-order valence-corrected chi connectivity index (χ4v) is 3.59. The van der Waals surface area contributed by atoms with Gasteiger partial charge in [-0.25, -0.2) is 8.78 Å². The minimum absolute atomic E-state index is 0.230. The summed E-state index contributed by atoms with van der Waals surface area (Å²) in [7, 11) is 1.45. The van der Waals surface area contributed by atoms with Gasteiger partial charge in [-0.05, 0) is 29.7 Å². The fraction of sp³-hybridized carbons (Fsp3) is 0.333. The van der Waals surface area contributed by atoms with Crippen LogP contribution in [0.25, 0.3) is 10.9 Å². The molecule has 1 atom stereocenters. The summed E-state index contributed by atoms with van der Waals surface area (Å²) >= 11 is 0. The topological polar surface area (TPSA) is 64.3 Å². The van der Waals surface area contributed by atoms with E-state index in [1.807, 2.05) is 0 Å². The molecule has 0 radical (unpaired) electrons. The van der Waals surface area contributed by atoms with Crippen molar-refractivity contribution >= 4 is 10.9 Å². The Bertz CT molecular complexity index is 1060. The van der Waals surface area contributed by atoms with E-state index in [4.69, 9.17) is 4.74 Å². The molecule has 0 saturated carbocycles. The molecule has 1 aromatic carbocycles. The third-order valence-electron chi connectivity index (χ3n) is 4.79. The number of fused-ring (bicyclic) bond motifs is 1. The van der Waals surface area contributed by atoms with Gasteiger partial charge >= 0.3 is 0 Å². The third-order valence-corrected chi connectivity index (χ3v) is 4.79. The second-order valence-corrected chi connectivity index (χ2v) is 7.52. The molecule has 3 rings (SSSR count). The Morgan fingerprint density at radius 2 is 2.00 bits per heavy atom. The van der Waals surface area contributed by atoms with E-state index >= 15 is 4.39 Å². The lowest BCUT2D eigenvalue weighted by atomic mass is 9.78. The maximum absolute atomic E-state index is 15.2. The van der Waals surface area contributed by atoms with Crippen LogP contribution in [0.5, 0.6) is 5.75 Å². The van der Waals surface area contributed by atoms with Crippen molar-refractivity contribution in [2.24, 2.45) is 0 Å². The molecule has 1 unspecified atom stereocenters. The SMILES string of the molecule is COc1ccc(F)cc1C(C)(C)CC(O)(F)Cn1ccc(=O)c2cnccc21. The molecule has 0 saturated heterocycles. The highest BCUT2D eigenvalue weighted by Gasteiger charge is 2.38. The molecule has 5 nitrogen and oxygen atoms in total. The van der Waals surface area contributed by atoms with E-state index in [-0.39, 0.29) is 11.8 Å². The molecule has 28 heavy (non-hydrogen) atoms. The average molecular weight is 388 g/mol. The highest BCUT2D eigenvalue weighted by Crippen LogP contribution is 2.39. The molecule has 0 amide bonds. The van der Waals surface area contributed by atoms with Crippen LogP contribution in [0, 0.1) is 5.82 Å². The molecular weight excluding hydrogens is 366 g/mol. The molecule has 1 N–H and O–H groups in total. The van der Waals surface area contributed by atoms with E-state index in [2.05, 4.69) is 4.98 Å². The third kappa shape index (κ3) is 4.04. The number of ether oxygens (including phenoxy) is 1. The van der Waals surface area contributed by atoms with E-state index in [9.17, 15) is 14.3 Å². The molecule has 0 bridgehead atoms. The minimum atomic E-state index is -2.62. The summed E-state index contributed by atoms with van der Waals surface area (Å²) in [4.78, 5) is 15.9. The van der Waals surface area contributed by atoms with Crippen LogP contribution < -0.4 is 10.2 Å². The number of rotatable bonds is 6. The number of hydrogen-bond donors (Lipinski definition) is 1. The van der Waals surface area contributed by atoms with Crippen molar-refractivity contribution < 1.29 is 18.6 Å². The Morgan fingerprint density at radius 1 is 1.25 bits per heavy atom. The fourth-order valence-electron chi connectivity index (χ4n) is 3.59. The quantitative estimate of drug-likeness (QED) is 0.701. The molecule has 0 aliphatic rings. The molecule has 2 aromatic heterocycles. The summed E-state index contributed by atoms with van der Waals surface area (Å²) in [6.07, 6.45) is 4.04. The first-order valence-corrected chi connectivity index (χ1v) is 8.81. The van der Waals surface area contributed by atoms with Crippen molar-refractivity contribution in [3.8, 4) is 5.75 Å². The van der Waals surface area contributed by atoms with Crippen molar-refractivity contribution in [1.82, 2.24) is 9.55 Å². The van der Waals surface area contributed by atoms with E-state index in [1.54, 1.807) is 19.9 Å². The first-order chi connectivity index (χ1) is 13.1. The first-order valence-electron chi connectivity index (χ1n) is 8.81. The largest absolute Gasteiger partial charge is 0.496 e. The van der Waals surface area contributed by atoms with Gasteiger partial charge in [0, 0.05) is 36.6 Å². The summed E-state index contributed by atoms with van der Waals surface area (Å²) in [6.45, 7) is 3.03. The molecule has 0 spiro atoms. The molecule has 2 heterocycles. The van der Waals surface area contributed by atoms with Crippen molar-refractivity contribution in [2.75, 3.05) is 7.11 Å². The second-order valence-electron chi connectivity index (χ2n) is 7.52.